The van der Waals surface area contributed by atoms with Crippen LogP contribution >= 0.6 is 23.2 Å². The number of hydrogen-bond acceptors (Lipinski definition) is 3. The van der Waals surface area contributed by atoms with Crippen LogP contribution in [0.1, 0.15) is 17.2 Å². The van der Waals surface area contributed by atoms with Crippen molar-refractivity contribution in [2.24, 2.45) is 0 Å². The minimum atomic E-state index is -0.600. The number of esters is 1. The van der Waals surface area contributed by atoms with Gasteiger partial charge in [-0.25, -0.2) is 4.79 Å². The highest BCUT2D eigenvalue weighted by Gasteiger charge is 2.36. The standard InChI is InChI=1S/C20H17Cl2N3O3/c1-28-19(26)15-9-25(20(27)23-13-5-2-11(21)3-6-13)10-17-18(15)14-8-12(22)4-7-16(14)24-17/h2-8,15,24H,9-10H2,1H3,(H,23,27). The lowest BCUT2D eigenvalue weighted by atomic mass is 9.92. The van der Waals surface area contributed by atoms with Crippen LogP contribution in [0.2, 0.25) is 10.0 Å². The fourth-order valence-electron chi connectivity index (χ4n) is 3.56. The van der Waals surface area contributed by atoms with Gasteiger partial charge in [-0.3, -0.25) is 4.79 Å². The van der Waals surface area contributed by atoms with Crippen LogP contribution in [0.5, 0.6) is 0 Å². The minimum absolute atomic E-state index is 0.207. The maximum absolute atomic E-state index is 12.8. The van der Waals surface area contributed by atoms with Crippen molar-refractivity contribution >= 4 is 51.8 Å². The van der Waals surface area contributed by atoms with Crippen molar-refractivity contribution in [3.63, 3.8) is 0 Å². The summed E-state index contributed by atoms with van der Waals surface area (Å²) in [6.07, 6.45) is 0. The Morgan fingerprint density at radius 2 is 1.86 bits per heavy atom. The van der Waals surface area contributed by atoms with Crippen LogP contribution in [0.3, 0.4) is 0 Å². The van der Waals surface area contributed by atoms with Crippen molar-refractivity contribution in [1.29, 1.82) is 0 Å². The molecule has 0 fully saturated rings. The van der Waals surface area contributed by atoms with E-state index >= 15 is 0 Å². The summed E-state index contributed by atoms with van der Waals surface area (Å²) in [5.41, 5.74) is 3.12. The second-order valence-corrected chi connectivity index (χ2v) is 7.47. The molecule has 0 bridgehead atoms. The third-order valence-corrected chi connectivity index (χ3v) is 5.34. The van der Waals surface area contributed by atoms with Gasteiger partial charge in [0, 0.05) is 38.9 Å². The molecule has 1 atom stereocenters. The van der Waals surface area contributed by atoms with Crippen LogP contribution < -0.4 is 5.32 Å². The molecular formula is C20H17Cl2N3O3. The quantitative estimate of drug-likeness (QED) is 0.589. The van der Waals surface area contributed by atoms with Gasteiger partial charge in [0.1, 0.15) is 5.92 Å². The fraction of sp³-hybridized carbons (Fsp3) is 0.200. The van der Waals surface area contributed by atoms with E-state index in [-0.39, 0.29) is 12.6 Å². The second kappa shape index (κ2) is 7.37. The Kier molecular flexibility index (Phi) is 4.91. The number of amides is 2. The van der Waals surface area contributed by atoms with Crippen molar-refractivity contribution in [2.45, 2.75) is 12.5 Å². The lowest BCUT2D eigenvalue weighted by Crippen LogP contribution is -2.42. The number of carbonyl (C=O) groups is 2. The van der Waals surface area contributed by atoms with E-state index in [0.29, 0.717) is 22.3 Å². The van der Waals surface area contributed by atoms with Gasteiger partial charge in [0.25, 0.3) is 0 Å². The molecule has 3 aromatic rings. The molecule has 2 heterocycles. The third-order valence-electron chi connectivity index (χ3n) is 4.85. The Bertz CT molecular complexity index is 1060. The molecule has 1 aliphatic heterocycles. The number of H-pyrrole nitrogens is 1. The Hall–Kier alpha value is -2.70. The average Bonchev–Trinajstić information content (AvgIpc) is 3.06. The van der Waals surface area contributed by atoms with Gasteiger partial charge in [0.2, 0.25) is 0 Å². The highest BCUT2D eigenvalue weighted by Crippen LogP contribution is 2.36. The van der Waals surface area contributed by atoms with Gasteiger partial charge in [-0.2, -0.15) is 0 Å². The molecule has 1 aromatic heterocycles. The normalized spacial score (nSPS) is 16.0. The molecule has 0 radical (unpaired) electrons. The van der Waals surface area contributed by atoms with Crippen LogP contribution in [-0.2, 0) is 16.1 Å². The first-order valence-electron chi connectivity index (χ1n) is 8.65. The number of methoxy groups -OCH3 is 1. The predicted molar refractivity (Wildman–Crippen MR) is 109 cm³/mol. The topological polar surface area (TPSA) is 74.4 Å². The summed E-state index contributed by atoms with van der Waals surface area (Å²) in [5.74, 6) is -0.997. The molecule has 4 rings (SSSR count). The molecular weight excluding hydrogens is 401 g/mol. The van der Waals surface area contributed by atoms with Crippen molar-refractivity contribution < 1.29 is 14.3 Å². The average molecular weight is 418 g/mol. The molecule has 2 amide bonds. The molecule has 0 spiro atoms. The summed E-state index contributed by atoms with van der Waals surface area (Å²) in [6.45, 7) is 0.549. The van der Waals surface area contributed by atoms with E-state index in [0.717, 1.165) is 22.2 Å². The first-order chi connectivity index (χ1) is 13.5. The molecule has 0 saturated heterocycles. The van der Waals surface area contributed by atoms with Gasteiger partial charge in [0.15, 0.2) is 0 Å². The molecule has 144 valence electrons. The lowest BCUT2D eigenvalue weighted by molar-refractivity contribution is -0.143. The largest absolute Gasteiger partial charge is 0.468 e. The first kappa shape index (κ1) is 18.7. The van der Waals surface area contributed by atoms with Crippen molar-refractivity contribution in [3.05, 3.63) is 63.8 Å². The van der Waals surface area contributed by atoms with E-state index in [1.54, 1.807) is 35.2 Å². The lowest BCUT2D eigenvalue weighted by Gasteiger charge is -2.31. The summed E-state index contributed by atoms with van der Waals surface area (Å²) >= 11 is 12.0. The summed E-state index contributed by atoms with van der Waals surface area (Å²) in [7, 11) is 1.34. The number of urea groups is 1. The van der Waals surface area contributed by atoms with Crippen molar-refractivity contribution in [1.82, 2.24) is 9.88 Å². The number of nitrogens with one attached hydrogen (secondary N) is 2. The Labute approximate surface area is 171 Å². The van der Waals surface area contributed by atoms with Crippen LogP contribution in [0, 0.1) is 0 Å². The molecule has 2 aromatic carbocycles. The molecule has 1 unspecified atom stereocenters. The van der Waals surface area contributed by atoms with Crippen molar-refractivity contribution in [2.75, 3.05) is 19.0 Å². The highest BCUT2D eigenvalue weighted by atomic mass is 35.5. The number of fused-ring (bicyclic) bond motifs is 3. The number of rotatable bonds is 2. The Morgan fingerprint density at radius 3 is 2.57 bits per heavy atom. The number of anilines is 1. The zero-order valence-corrected chi connectivity index (χ0v) is 16.5. The van der Waals surface area contributed by atoms with E-state index in [1.165, 1.54) is 7.11 Å². The number of hydrogen-bond donors (Lipinski definition) is 2. The van der Waals surface area contributed by atoms with Crippen molar-refractivity contribution in [3.8, 4) is 0 Å². The highest BCUT2D eigenvalue weighted by molar-refractivity contribution is 6.31. The minimum Gasteiger partial charge on any atom is -0.468 e. The maximum atomic E-state index is 12.8. The number of nitrogens with zero attached hydrogens (tertiary/aromatic N) is 1. The number of aromatic amines is 1. The number of halogens is 2. The van der Waals surface area contributed by atoms with E-state index in [4.69, 9.17) is 27.9 Å². The van der Waals surface area contributed by atoms with E-state index in [2.05, 4.69) is 10.3 Å². The first-order valence-corrected chi connectivity index (χ1v) is 9.41. The summed E-state index contributed by atoms with van der Waals surface area (Å²) in [5, 5.41) is 4.87. The summed E-state index contributed by atoms with van der Waals surface area (Å²) < 4.78 is 5.00. The van der Waals surface area contributed by atoms with Crippen LogP contribution in [0.25, 0.3) is 10.9 Å². The monoisotopic (exact) mass is 417 g/mol. The van der Waals surface area contributed by atoms with E-state index in [9.17, 15) is 9.59 Å². The van der Waals surface area contributed by atoms with Gasteiger partial charge in [-0.1, -0.05) is 23.2 Å². The van der Waals surface area contributed by atoms with Gasteiger partial charge in [-0.05, 0) is 48.0 Å². The van der Waals surface area contributed by atoms with E-state index < -0.39 is 11.9 Å². The molecule has 6 nitrogen and oxygen atoms in total. The smallest absolute Gasteiger partial charge is 0.322 e. The van der Waals surface area contributed by atoms with Gasteiger partial charge in [0.05, 0.1) is 13.7 Å². The SMILES string of the molecule is COC(=O)C1CN(C(=O)Nc2ccc(Cl)cc2)Cc2[nH]c3ccc(Cl)cc3c21. The van der Waals surface area contributed by atoms with Crippen LogP contribution in [-0.4, -0.2) is 35.5 Å². The zero-order valence-electron chi connectivity index (χ0n) is 15.0. The van der Waals surface area contributed by atoms with Gasteiger partial charge < -0.3 is 19.9 Å². The van der Waals surface area contributed by atoms with Crippen LogP contribution in [0.15, 0.2) is 42.5 Å². The summed E-state index contributed by atoms with van der Waals surface area (Å²) in [4.78, 5) is 30.1. The number of benzene rings is 2. The second-order valence-electron chi connectivity index (χ2n) is 6.60. The number of aromatic nitrogens is 1. The molecule has 0 saturated carbocycles. The number of carbonyl (C=O) groups excluding carboxylic acids is 2. The molecule has 2 N–H and O–H groups in total. The molecule has 8 heteroatoms. The Balaban J connectivity index is 1.67. The fourth-order valence-corrected chi connectivity index (χ4v) is 3.85. The maximum Gasteiger partial charge on any atom is 0.322 e. The Morgan fingerprint density at radius 1 is 1.14 bits per heavy atom. The predicted octanol–water partition coefficient (Wildman–Crippen LogP) is 4.78. The summed E-state index contributed by atoms with van der Waals surface area (Å²) in [6, 6.07) is 12.0. The van der Waals surface area contributed by atoms with Gasteiger partial charge >= 0.3 is 12.0 Å². The zero-order chi connectivity index (χ0) is 19.8. The molecule has 1 aliphatic rings. The van der Waals surface area contributed by atoms with Gasteiger partial charge in [-0.15, -0.1) is 0 Å². The molecule has 28 heavy (non-hydrogen) atoms. The van der Waals surface area contributed by atoms with E-state index in [1.807, 2.05) is 12.1 Å². The molecule has 0 aliphatic carbocycles. The number of ether oxygens (including phenoxy) is 1. The third kappa shape index (κ3) is 3.41. The van der Waals surface area contributed by atoms with Crippen LogP contribution in [0.4, 0.5) is 10.5 Å².